The molecule has 1 unspecified atom stereocenters. The first kappa shape index (κ1) is 17.6. The van der Waals surface area contributed by atoms with E-state index in [1.807, 2.05) is 0 Å². The van der Waals surface area contributed by atoms with E-state index in [9.17, 15) is 9.59 Å². The Bertz CT molecular complexity index is 609. The Morgan fingerprint density at radius 3 is 2.57 bits per heavy atom. The Balaban J connectivity index is 2.02. The molecule has 1 atom stereocenters. The predicted molar refractivity (Wildman–Crippen MR) is 89.1 cm³/mol. The number of Topliss-reactive ketones (excluding diaryl/α,β-unsaturated/α-hetero) is 1. The number of benzene rings is 1. The highest BCUT2D eigenvalue weighted by atomic mass is 35.5. The van der Waals surface area contributed by atoms with Crippen LogP contribution in [-0.4, -0.2) is 17.5 Å². The number of hydrogen-bond acceptors (Lipinski definition) is 5. The van der Waals surface area contributed by atoms with E-state index >= 15 is 0 Å². The number of ketones is 1. The number of hydrazine groups is 1. The van der Waals surface area contributed by atoms with E-state index in [1.165, 1.54) is 0 Å². The molecule has 0 aromatic heterocycles. The molecule has 7 heteroatoms. The second kappa shape index (κ2) is 6.76. The lowest BCUT2D eigenvalue weighted by Crippen LogP contribution is -2.36. The second-order valence-corrected chi connectivity index (χ2v) is 7.05. The van der Waals surface area contributed by atoms with Crippen LogP contribution in [0.4, 0.5) is 10.5 Å². The summed E-state index contributed by atoms with van der Waals surface area (Å²) in [6, 6.07) is 4.33. The van der Waals surface area contributed by atoms with Crippen molar-refractivity contribution in [1.29, 1.82) is 0 Å². The minimum absolute atomic E-state index is 0.0402. The summed E-state index contributed by atoms with van der Waals surface area (Å²) in [5, 5.41) is 0.399. The van der Waals surface area contributed by atoms with Crippen LogP contribution in [0.2, 0.25) is 5.02 Å². The van der Waals surface area contributed by atoms with Gasteiger partial charge >= 0.3 is 6.09 Å². The lowest BCUT2D eigenvalue weighted by atomic mass is 10.0. The highest BCUT2D eigenvalue weighted by Crippen LogP contribution is 2.35. The maximum Gasteiger partial charge on any atom is 0.426 e. The van der Waals surface area contributed by atoms with Crippen LogP contribution in [0, 0.1) is 5.92 Å². The van der Waals surface area contributed by atoms with Crippen LogP contribution in [0.5, 0.6) is 0 Å². The maximum atomic E-state index is 12.1. The number of nitrogens with one attached hydrogen (secondary N) is 2. The Labute approximate surface area is 140 Å². The van der Waals surface area contributed by atoms with Crippen molar-refractivity contribution in [1.82, 2.24) is 5.43 Å². The third-order valence-corrected chi connectivity index (χ3v) is 3.66. The fourth-order valence-corrected chi connectivity index (χ4v) is 2.20. The molecular formula is C16H22ClN3O3. The van der Waals surface area contributed by atoms with Gasteiger partial charge in [-0.05, 0) is 51.3 Å². The van der Waals surface area contributed by atoms with Crippen LogP contribution in [-0.2, 0) is 9.53 Å². The van der Waals surface area contributed by atoms with Crippen LogP contribution in [0.1, 0.15) is 45.2 Å². The Morgan fingerprint density at radius 1 is 1.35 bits per heavy atom. The van der Waals surface area contributed by atoms with Crippen LogP contribution < -0.4 is 16.6 Å². The maximum absolute atomic E-state index is 12.1. The van der Waals surface area contributed by atoms with Crippen LogP contribution in [0.15, 0.2) is 18.2 Å². The topological polar surface area (TPSA) is 93.4 Å². The van der Waals surface area contributed by atoms with Crippen molar-refractivity contribution in [3.63, 3.8) is 0 Å². The Morgan fingerprint density at radius 2 is 2.00 bits per heavy atom. The molecule has 0 aliphatic heterocycles. The number of nitrogens with two attached hydrogens (primary N) is 1. The molecule has 1 amide bonds. The van der Waals surface area contributed by atoms with Crippen molar-refractivity contribution in [2.75, 3.05) is 5.43 Å². The van der Waals surface area contributed by atoms with Crippen molar-refractivity contribution in [3.05, 3.63) is 28.8 Å². The molecule has 1 aromatic carbocycles. The van der Waals surface area contributed by atoms with Crippen LogP contribution in [0.3, 0.4) is 0 Å². The summed E-state index contributed by atoms with van der Waals surface area (Å²) in [5.74, 6) is 0.121. The molecule has 1 aliphatic carbocycles. The summed E-state index contributed by atoms with van der Waals surface area (Å²) in [5.41, 5.74) is 11.6. The Kier molecular flexibility index (Phi) is 5.16. The van der Waals surface area contributed by atoms with Gasteiger partial charge in [-0.25, -0.2) is 10.2 Å². The van der Waals surface area contributed by atoms with E-state index in [1.54, 1.807) is 39.0 Å². The Hall–Kier alpha value is -1.79. The van der Waals surface area contributed by atoms with Crippen molar-refractivity contribution >= 4 is 29.2 Å². The number of halogens is 1. The summed E-state index contributed by atoms with van der Waals surface area (Å²) in [7, 11) is 0. The fraction of sp³-hybridized carbons (Fsp3) is 0.500. The number of carbonyl (C=O) groups is 2. The van der Waals surface area contributed by atoms with Gasteiger partial charge < -0.3 is 10.5 Å². The molecular weight excluding hydrogens is 318 g/mol. The molecule has 0 spiro atoms. The van der Waals surface area contributed by atoms with Crippen molar-refractivity contribution in [2.24, 2.45) is 11.7 Å². The molecule has 4 N–H and O–H groups in total. The van der Waals surface area contributed by atoms with Gasteiger partial charge in [0, 0.05) is 5.92 Å². The quantitative estimate of drug-likeness (QED) is 0.716. The number of hydrogen-bond donors (Lipinski definition) is 3. The predicted octanol–water partition coefficient (Wildman–Crippen LogP) is 3.17. The number of amides is 1. The van der Waals surface area contributed by atoms with Crippen molar-refractivity contribution < 1.29 is 14.3 Å². The molecule has 0 heterocycles. The fourth-order valence-electron chi connectivity index (χ4n) is 2.04. The molecule has 0 saturated heterocycles. The lowest BCUT2D eigenvalue weighted by molar-refractivity contribution is -0.121. The lowest BCUT2D eigenvalue weighted by Gasteiger charge is -2.20. The van der Waals surface area contributed by atoms with Gasteiger partial charge in [0.15, 0.2) is 5.78 Å². The van der Waals surface area contributed by atoms with E-state index in [0.717, 1.165) is 12.8 Å². The van der Waals surface area contributed by atoms with E-state index < -0.39 is 17.7 Å². The van der Waals surface area contributed by atoms with Gasteiger partial charge in [-0.3, -0.25) is 10.2 Å². The van der Waals surface area contributed by atoms with Crippen molar-refractivity contribution in [2.45, 2.75) is 45.3 Å². The minimum Gasteiger partial charge on any atom is -0.443 e. The average Bonchev–Trinajstić information content (AvgIpc) is 3.27. The van der Waals surface area contributed by atoms with Crippen LogP contribution in [0.25, 0.3) is 0 Å². The summed E-state index contributed by atoms with van der Waals surface area (Å²) in [4.78, 5) is 23.7. The molecule has 0 radical (unpaired) electrons. The zero-order valence-electron chi connectivity index (χ0n) is 13.5. The largest absolute Gasteiger partial charge is 0.443 e. The summed E-state index contributed by atoms with van der Waals surface area (Å²) < 4.78 is 5.12. The molecule has 126 valence electrons. The first-order chi connectivity index (χ1) is 10.7. The zero-order valence-corrected chi connectivity index (χ0v) is 14.2. The normalized spacial score (nSPS) is 15.7. The number of rotatable bonds is 5. The standard InChI is InChI=1S/C16H22ClN3O3/c1-16(2,3)23-15(22)20-19-12-8-10(6-7-11(12)17)13(18)14(21)9-4-5-9/h6-9,13,19H,4-5,18H2,1-3H3,(H,20,22). The molecule has 2 rings (SSSR count). The highest BCUT2D eigenvalue weighted by molar-refractivity contribution is 6.33. The summed E-state index contributed by atoms with van der Waals surface area (Å²) in [6.45, 7) is 5.30. The van der Waals surface area contributed by atoms with Gasteiger partial charge in [0.1, 0.15) is 5.60 Å². The van der Waals surface area contributed by atoms with E-state index in [4.69, 9.17) is 22.1 Å². The van der Waals surface area contributed by atoms with Gasteiger partial charge in [0.05, 0.1) is 16.8 Å². The average molecular weight is 340 g/mol. The summed E-state index contributed by atoms with van der Waals surface area (Å²) >= 11 is 6.09. The summed E-state index contributed by atoms with van der Waals surface area (Å²) in [6.07, 6.45) is 1.19. The van der Waals surface area contributed by atoms with E-state index in [0.29, 0.717) is 16.3 Å². The third kappa shape index (κ3) is 5.11. The second-order valence-electron chi connectivity index (χ2n) is 6.65. The van der Waals surface area contributed by atoms with E-state index in [2.05, 4.69) is 10.9 Å². The highest BCUT2D eigenvalue weighted by Gasteiger charge is 2.33. The van der Waals surface area contributed by atoms with E-state index in [-0.39, 0.29) is 11.7 Å². The molecule has 1 fully saturated rings. The number of anilines is 1. The smallest absolute Gasteiger partial charge is 0.426 e. The van der Waals surface area contributed by atoms with Crippen LogP contribution >= 0.6 is 11.6 Å². The van der Waals surface area contributed by atoms with Gasteiger partial charge in [-0.15, -0.1) is 0 Å². The molecule has 23 heavy (non-hydrogen) atoms. The number of carbonyl (C=O) groups excluding carboxylic acids is 2. The zero-order chi connectivity index (χ0) is 17.2. The monoisotopic (exact) mass is 339 g/mol. The van der Waals surface area contributed by atoms with Gasteiger partial charge in [-0.1, -0.05) is 17.7 Å². The number of ether oxygens (including phenoxy) is 1. The minimum atomic E-state index is -0.679. The first-order valence-electron chi connectivity index (χ1n) is 7.51. The molecule has 0 bridgehead atoms. The molecule has 1 saturated carbocycles. The van der Waals surface area contributed by atoms with Crippen molar-refractivity contribution in [3.8, 4) is 0 Å². The molecule has 6 nitrogen and oxygen atoms in total. The first-order valence-corrected chi connectivity index (χ1v) is 7.89. The van der Waals surface area contributed by atoms with Gasteiger partial charge in [0.25, 0.3) is 0 Å². The SMILES string of the molecule is CC(C)(C)OC(=O)NNc1cc(C(N)C(=O)C2CC2)ccc1Cl. The molecule has 1 aliphatic rings. The van der Waals surface area contributed by atoms with Gasteiger partial charge in [0.2, 0.25) is 0 Å². The third-order valence-electron chi connectivity index (χ3n) is 3.33. The van der Waals surface area contributed by atoms with Gasteiger partial charge in [-0.2, -0.15) is 0 Å². The molecule has 1 aromatic rings.